The van der Waals surface area contributed by atoms with Crippen molar-refractivity contribution in [3.05, 3.63) is 16.3 Å². The Morgan fingerprint density at radius 2 is 1.90 bits per heavy atom. The van der Waals surface area contributed by atoms with Gasteiger partial charge in [-0.15, -0.1) is 11.3 Å². The lowest BCUT2D eigenvalue weighted by atomic mass is 9.89. The molecule has 2 aromatic rings. The number of carbonyl (C=O) groups excluding carboxylic acids is 1. The molecule has 0 unspecified atom stereocenters. The van der Waals surface area contributed by atoms with Crippen LogP contribution in [0.2, 0.25) is 0 Å². The van der Waals surface area contributed by atoms with Gasteiger partial charge in [0, 0.05) is 43.4 Å². The minimum absolute atomic E-state index is 0.0328. The first-order valence-electron chi connectivity index (χ1n) is 12.0. The summed E-state index contributed by atoms with van der Waals surface area (Å²) in [5, 5.41) is 1.30. The van der Waals surface area contributed by atoms with Crippen molar-refractivity contribution in [2.75, 3.05) is 31.1 Å². The van der Waals surface area contributed by atoms with E-state index in [1.165, 1.54) is 33.5 Å². The fourth-order valence-corrected chi connectivity index (χ4v) is 6.09. The number of carbonyl (C=O) groups is 1. The minimum atomic E-state index is 0.0328. The monoisotopic (exact) mass is 442 g/mol. The molecule has 170 valence electrons. The van der Waals surface area contributed by atoms with Crippen LogP contribution in [0.15, 0.2) is 0 Å². The second kappa shape index (κ2) is 8.68. The van der Waals surface area contributed by atoms with Crippen molar-refractivity contribution < 1.29 is 4.79 Å². The first-order valence-corrected chi connectivity index (χ1v) is 12.8. The van der Waals surface area contributed by atoms with E-state index in [2.05, 4.69) is 46.4 Å². The molecule has 0 radical (unpaired) electrons. The number of nitrogens with zero attached hydrogens (tertiary/aromatic N) is 4. The molecule has 0 aromatic carbocycles. The number of hydrogen-bond donors (Lipinski definition) is 0. The molecule has 0 N–H and O–H groups in total. The number of anilines is 1. The molecule has 0 bridgehead atoms. The highest BCUT2D eigenvalue weighted by molar-refractivity contribution is 7.19. The largest absolute Gasteiger partial charge is 0.352 e. The van der Waals surface area contributed by atoms with E-state index in [-0.39, 0.29) is 11.3 Å². The van der Waals surface area contributed by atoms with E-state index in [0.717, 1.165) is 56.6 Å². The van der Waals surface area contributed by atoms with E-state index in [9.17, 15) is 4.79 Å². The number of hydrogen-bond acceptors (Lipinski definition) is 5. The Hall–Kier alpha value is -1.69. The standard InChI is InChI=1S/C25H38N4OS/c1-7-17(3)22-26-23(21-18-9-8-16(2)14-19(18)31-24(21)27-22)29-12-10-28(11-13-29)20(30)15-25(4,5)6/h16-17H,7-15H2,1-6H3/t16-,17-/m0/s1. The second-order valence-corrected chi connectivity index (χ2v) is 11.9. The zero-order valence-corrected chi connectivity index (χ0v) is 20.9. The average Bonchev–Trinajstić information content (AvgIpc) is 3.08. The van der Waals surface area contributed by atoms with Crippen molar-refractivity contribution in [2.45, 2.75) is 79.6 Å². The molecule has 1 aliphatic heterocycles. The number of fused-ring (bicyclic) bond motifs is 3. The van der Waals surface area contributed by atoms with Crippen LogP contribution in [0.4, 0.5) is 5.82 Å². The first-order chi connectivity index (χ1) is 14.7. The Morgan fingerprint density at radius 1 is 1.19 bits per heavy atom. The van der Waals surface area contributed by atoms with Crippen LogP contribution in [0, 0.1) is 11.3 Å². The summed E-state index contributed by atoms with van der Waals surface area (Å²) >= 11 is 1.89. The number of aromatic nitrogens is 2. The van der Waals surface area contributed by atoms with Crippen LogP contribution in [0.25, 0.3) is 10.2 Å². The number of aryl methyl sites for hydroxylation is 1. The van der Waals surface area contributed by atoms with E-state index in [0.29, 0.717) is 12.3 Å². The fraction of sp³-hybridized carbons (Fsp3) is 0.720. The first kappa shape index (κ1) is 22.5. The van der Waals surface area contributed by atoms with Crippen molar-refractivity contribution in [2.24, 2.45) is 11.3 Å². The van der Waals surface area contributed by atoms with Crippen LogP contribution in [0.3, 0.4) is 0 Å². The zero-order valence-electron chi connectivity index (χ0n) is 20.1. The molecule has 0 saturated carbocycles. The zero-order chi connectivity index (χ0) is 22.3. The molecule has 2 aliphatic rings. The highest BCUT2D eigenvalue weighted by Gasteiger charge is 2.30. The predicted octanol–water partition coefficient (Wildman–Crippen LogP) is 5.41. The minimum Gasteiger partial charge on any atom is -0.352 e. The predicted molar refractivity (Wildman–Crippen MR) is 130 cm³/mol. The molecule has 0 spiro atoms. The van der Waals surface area contributed by atoms with Gasteiger partial charge in [-0.25, -0.2) is 9.97 Å². The Bertz CT molecular complexity index is 953. The molecule has 1 amide bonds. The van der Waals surface area contributed by atoms with Gasteiger partial charge in [-0.1, -0.05) is 41.5 Å². The van der Waals surface area contributed by atoms with Crippen LogP contribution in [-0.2, 0) is 17.6 Å². The van der Waals surface area contributed by atoms with Crippen LogP contribution < -0.4 is 4.90 Å². The van der Waals surface area contributed by atoms with Crippen molar-refractivity contribution in [1.82, 2.24) is 14.9 Å². The Kier molecular flexibility index (Phi) is 6.30. The molecule has 31 heavy (non-hydrogen) atoms. The maximum atomic E-state index is 12.7. The van der Waals surface area contributed by atoms with Crippen molar-refractivity contribution in [1.29, 1.82) is 0 Å². The van der Waals surface area contributed by atoms with Gasteiger partial charge in [0.2, 0.25) is 5.91 Å². The maximum absolute atomic E-state index is 12.7. The molecule has 3 heterocycles. The SMILES string of the molecule is CC[C@H](C)c1nc(N2CCN(C(=O)CC(C)(C)C)CC2)c2c3c(sc2n1)C[C@@H](C)CC3. The number of thiophene rings is 1. The molecule has 2 atom stereocenters. The lowest BCUT2D eigenvalue weighted by molar-refractivity contribution is -0.133. The molecule has 2 aromatic heterocycles. The van der Waals surface area contributed by atoms with Crippen molar-refractivity contribution in [3.8, 4) is 0 Å². The Balaban J connectivity index is 1.64. The highest BCUT2D eigenvalue weighted by Crippen LogP contribution is 2.42. The summed E-state index contributed by atoms with van der Waals surface area (Å²) in [4.78, 5) is 30.0. The third kappa shape index (κ3) is 4.74. The topological polar surface area (TPSA) is 49.3 Å². The van der Waals surface area contributed by atoms with E-state index >= 15 is 0 Å². The van der Waals surface area contributed by atoms with Gasteiger partial charge >= 0.3 is 0 Å². The summed E-state index contributed by atoms with van der Waals surface area (Å²) in [5.74, 6) is 3.49. The quantitative estimate of drug-likeness (QED) is 0.635. The molecule has 5 nitrogen and oxygen atoms in total. The molecule has 4 rings (SSSR count). The van der Waals surface area contributed by atoms with Gasteiger partial charge in [0.25, 0.3) is 0 Å². The summed E-state index contributed by atoms with van der Waals surface area (Å²) < 4.78 is 0. The molecular formula is C25H38N4OS. The van der Waals surface area contributed by atoms with Gasteiger partial charge in [-0.3, -0.25) is 4.79 Å². The highest BCUT2D eigenvalue weighted by atomic mass is 32.1. The van der Waals surface area contributed by atoms with E-state index in [4.69, 9.17) is 9.97 Å². The van der Waals surface area contributed by atoms with Gasteiger partial charge in [0.05, 0.1) is 5.39 Å². The molecular weight excluding hydrogens is 404 g/mol. The summed E-state index contributed by atoms with van der Waals surface area (Å²) in [7, 11) is 0. The average molecular weight is 443 g/mol. The van der Waals surface area contributed by atoms with E-state index in [1.54, 1.807) is 0 Å². The van der Waals surface area contributed by atoms with Gasteiger partial charge < -0.3 is 9.80 Å². The third-order valence-corrected chi connectivity index (χ3v) is 7.97. The number of amides is 1. The fourth-order valence-electron chi connectivity index (χ4n) is 4.70. The summed E-state index contributed by atoms with van der Waals surface area (Å²) in [6.45, 7) is 16.5. The van der Waals surface area contributed by atoms with Crippen LogP contribution in [-0.4, -0.2) is 47.0 Å². The molecule has 6 heteroatoms. The second-order valence-electron chi connectivity index (χ2n) is 10.9. The van der Waals surface area contributed by atoms with Gasteiger partial charge in [-0.2, -0.15) is 0 Å². The maximum Gasteiger partial charge on any atom is 0.223 e. The van der Waals surface area contributed by atoms with Gasteiger partial charge in [0.1, 0.15) is 16.5 Å². The Morgan fingerprint density at radius 3 is 2.55 bits per heavy atom. The van der Waals surface area contributed by atoms with Crippen molar-refractivity contribution in [3.63, 3.8) is 0 Å². The van der Waals surface area contributed by atoms with Gasteiger partial charge in [0.15, 0.2) is 0 Å². The normalized spacial score (nSPS) is 20.8. The van der Waals surface area contributed by atoms with Gasteiger partial charge in [-0.05, 0) is 42.6 Å². The Labute approximate surface area is 191 Å². The third-order valence-electron chi connectivity index (χ3n) is 6.82. The molecule has 1 saturated heterocycles. The summed E-state index contributed by atoms with van der Waals surface area (Å²) in [6.07, 6.45) is 5.21. The molecule has 1 aliphatic carbocycles. The van der Waals surface area contributed by atoms with Crippen LogP contribution in [0.1, 0.15) is 83.0 Å². The van der Waals surface area contributed by atoms with Crippen LogP contribution in [0.5, 0.6) is 0 Å². The smallest absolute Gasteiger partial charge is 0.223 e. The molecule has 1 fully saturated rings. The van der Waals surface area contributed by atoms with E-state index in [1.807, 2.05) is 16.2 Å². The van der Waals surface area contributed by atoms with E-state index < -0.39 is 0 Å². The lowest BCUT2D eigenvalue weighted by Gasteiger charge is -2.37. The number of rotatable bonds is 4. The number of piperazine rings is 1. The van der Waals surface area contributed by atoms with Crippen LogP contribution >= 0.6 is 11.3 Å². The lowest BCUT2D eigenvalue weighted by Crippen LogP contribution is -2.49. The summed E-state index contributed by atoms with van der Waals surface area (Å²) in [6, 6.07) is 0. The van der Waals surface area contributed by atoms with Crippen molar-refractivity contribution >= 4 is 33.3 Å². The summed E-state index contributed by atoms with van der Waals surface area (Å²) in [5.41, 5.74) is 1.53.